The van der Waals surface area contributed by atoms with Gasteiger partial charge in [0.25, 0.3) is 5.91 Å². The zero-order valence-corrected chi connectivity index (χ0v) is 18.6. The summed E-state index contributed by atoms with van der Waals surface area (Å²) < 4.78 is 0. The van der Waals surface area contributed by atoms with Crippen molar-refractivity contribution in [1.29, 1.82) is 0 Å². The number of rotatable bonds is 8. The maximum atomic E-state index is 12.1. The molecular weight excluding hydrogens is 388 g/mol. The number of likely N-dealkylation sites (tertiary alicyclic amines) is 1. The van der Waals surface area contributed by atoms with Crippen LogP contribution in [0.25, 0.3) is 0 Å². The van der Waals surface area contributed by atoms with Gasteiger partial charge >= 0.3 is 0 Å². The first-order valence-electron chi connectivity index (χ1n) is 11.2. The van der Waals surface area contributed by atoms with Gasteiger partial charge in [-0.3, -0.25) is 19.7 Å². The highest BCUT2D eigenvalue weighted by Gasteiger charge is 2.25. The molecule has 0 bridgehead atoms. The fraction of sp³-hybridized carbons (Fsp3) is 0.458. The minimum absolute atomic E-state index is 0.124. The van der Waals surface area contributed by atoms with Crippen molar-refractivity contribution in [2.75, 3.05) is 26.2 Å². The van der Waals surface area contributed by atoms with Crippen LogP contribution >= 0.6 is 0 Å². The Morgan fingerprint density at radius 1 is 1.19 bits per heavy atom. The molecule has 1 aromatic carbocycles. The van der Waals surface area contributed by atoms with E-state index in [1.165, 1.54) is 5.56 Å². The standard InChI is InChI=1S/C24H34N6O/c1-3-26-24(28-14-13-27-23(31)21-10-7-12-25-17-21)29-22-11-15-30(19(2)16-22)18-20-8-5-4-6-9-20/h4-10,12,17,19,22H,3,11,13-16,18H2,1-2H3,(H,27,31)(H2,26,28,29). The Balaban J connectivity index is 1.44. The van der Waals surface area contributed by atoms with Crippen LogP contribution in [0.4, 0.5) is 0 Å². The van der Waals surface area contributed by atoms with Crippen LogP contribution in [-0.4, -0.2) is 60.0 Å². The molecule has 0 spiro atoms. The van der Waals surface area contributed by atoms with E-state index in [2.05, 4.69) is 75.0 Å². The molecule has 3 rings (SSSR count). The summed E-state index contributed by atoms with van der Waals surface area (Å²) in [6, 6.07) is 15.1. The Hall–Kier alpha value is -2.93. The molecule has 3 N–H and O–H groups in total. The summed E-state index contributed by atoms with van der Waals surface area (Å²) in [5.74, 6) is 0.688. The third-order valence-corrected chi connectivity index (χ3v) is 5.52. The molecule has 31 heavy (non-hydrogen) atoms. The molecule has 0 radical (unpaired) electrons. The van der Waals surface area contributed by atoms with Crippen molar-refractivity contribution < 1.29 is 4.79 Å². The van der Waals surface area contributed by atoms with Crippen molar-refractivity contribution in [1.82, 2.24) is 25.8 Å². The van der Waals surface area contributed by atoms with Gasteiger partial charge in [0, 0.05) is 50.7 Å². The van der Waals surface area contributed by atoms with Crippen molar-refractivity contribution in [3.05, 3.63) is 66.0 Å². The number of amides is 1. The first kappa shape index (κ1) is 22.7. The van der Waals surface area contributed by atoms with Crippen molar-refractivity contribution in [3.63, 3.8) is 0 Å². The molecular formula is C24H34N6O. The molecule has 1 fully saturated rings. The second kappa shape index (κ2) is 12.1. The normalized spacial score (nSPS) is 19.6. The topological polar surface area (TPSA) is 81.6 Å². The van der Waals surface area contributed by atoms with E-state index < -0.39 is 0 Å². The maximum absolute atomic E-state index is 12.1. The van der Waals surface area contributed by atoms with Gasteiger partial charge in [0.2, 0.25) is 0 Å². The molecule has 2 heterocycles. The quantitative estimate of drug-likeness (QED) is 0.346. The van der Waals surface area contributed by atoms with Gasteiger partial charge in [0.1, 0.15) is 0 Å². The number of carbonyl (C=O) groups excluding carboxylic acids is 1. The van der Waals surface area contributed by atoms with Crippen LogP contribution in [0.5, 0.6) is 0 Å². The van der Waals surface area contributed by atoms with E-state index in [0.29, 0.717) is 30.7 Å². The van der Waals surface area contributed by atoms with Crippen LogP contribution in [0.2, 0.25) is 0 Å². The molecule has 1 saturated heterocycles. The van der Waals surface area contributed by atoms with Crippen LogP contribution in [0, 0.1) is 0 Å². The van der Waals surface area contributed by atoms with Gasteiger partial charge in [0.05, 0.1) is 12.1 Å². The number of piperidine rings is 1. The number of hydrogen-bond donors (Lipinski definition) is 3. The number of guanidine groups is 1. The SMILES string of the molecule is CCNC(=NCCNC(=O)c1cccnc1)NC1CCN(Cc2ccccc2)C(C)C1. The molecule has 1 aliphatic rings. The second-order valence-electron chi connectivity index (χ2n) is 7.93. The first-order valence-corrected chi connectivity index (χ1v) is 11.2. The lowest BCUT2D eigenvalue weighted by molar-refractivity contribution is 0.0954. The summed E-state index contributed by atoms with van der Waals surface area (Å²) in [5, 5.41) is 9.79. The Kier molecular flexibility index (Phi) is 8.84. The summed E-state index contributed by atoms with van der Waals surface area (Å²) in [4.78, 5) is 23.3. The van der Waals surface area contributed by atoms with Gasteiger partial charge in [-0.25, -0.2) is 0 Å². The van der Waals surface area contributed by atoms with E-state index in [1.807, 2.05) is 0 Å². The molecule has 2 aromatic rings. The van der Waals surface area contributed by atoms with Gasteiger partial charge in [-0.1, -0.05) is 30.3 Å². The lowest BCUT2D eigenvalue weighted by atomic mass is 9.97. The fourth-order valence-electron chi connectivity index (χ4n) is 3.85. The Morgan fingerprint density at radius 2 is 2.03 bits per heavy atom. The van der Waals surface area contributed by atoms with Crippen molar-refractivity contribution in [3.8, 4) is 0 Å². The van der Waals surface area contributed by atoms with E-state index >= 15 is 0 Å². The molecule has 0 saturated carbocycles. The van der Waals surface area contributed by atoms with E-state index in [0.717, 1.165) is 38.4 Å². The number of nitrogens with zero attached hydrogens (tertiary/aromatic N) is 3. The summed E-state index contributed by atoms with van der Waals surface area (Å²) in [6.07, 6.45) is 5.38. The van der Waals surface area contributed by atoms with E-state index in [1.54, 1.807) is 24.5 Å². The first-order chi connectivity index (χ1) is 15.2. The molecule has 2 unspecified atom stereocenters. The van der Waals surface area contributed by atoms with Crippen molar-refractivity contribution >= 4 is 11.9 Å². The van der Waals surface area contributed by atoms with Crippen LogP contribution in [0.3, 0.4) is 0 Å². The highest BCUT2D eigenvalue weighted by Crippen LogP contribution is 2.19. The minimum Gasteiger partial charge on any atom is -0.357 e. The number of benzene rings is 1. The van der Waals surface area contributed by atoms with Gasteiger partial charge in [0.15, 0.2) is 5.96 Å². The fourth-order valence-corrected chi connectivity index (χ4v) is 3.85. The zero-order valence-electron chi connectivity index (χ0n) is 18.6. The molecule has 1 aromatic heterocycles. The molecule has 0 aliphatic carbocycles. The number of aliphatic imine (C=N–C) groups is 1. The predicted octanol–water partition coefficient (Wildman–Crippen LogP) is 2.42. The minimum atomic E-state index is -0.124. The average molecular weight is 423 g/mol. The molecule has 7 heteroatoms. The molecule has 2 atom stereocenters. The highest BCUT2D eigenvalue weighted by atomic mass is 16.1. The Bertz CT molecular complexity index is 826. The molecule has 1 aliphatic heterocycles. The zero-order chi connectivity index (χ0) is 21.9. The van der Waals surface area contributed by atoms with E-state index in [9.17, 15) is 4.79 Å². The molecule has 1 amide bonds. The Labute approximate surface area is 185 Å². The molecule has 166 valence electrons. The number of hydrogen-bond acceptors (Lipinski definition) is 4. The predicted molar refractivity (Wildman–Crippen MR) is 125 cm³/mol. The number of pyridine rings is 1. The van der Waals surface area contributed by atoms with Crippen LogP contribution in [-0.2, 0) is 6.54 Å². The second-order valence-corrected chi connectivity index (χ2v) is 7.93. The third-order valence-electron chi connectivity index (χ3n) is 5.52. The number of carbonyl (C=O) groups is 1. The van der Waals surface area contributed by atoms with Crippen LogP contribution in [0.15, 0.2) is 59.9 Å². The van der Waals surface area contributed by atoms with Gasteiger partial charge in [-0.05, 0) is 44.4 Å². The van der Waals surface area contributed by atoms with Crippen molar-refractivity contribution in [2.45, 2.75) is 45.3 Å². The van der Waals surface area contributed by atoms with E-state index in [-0.39, 0.29) is 5.91 Å². The van der Waals surface area contributed by atoms with Crippen molar-refractivity contribution in [2.24, 2.45) is 4.99 Å². The van der Waals surface area contributed by atoms with E-state index in [4.69, 9.17) is 0 Å². The summed E-state index contributed by atoms with van der Waals surface area (Å²) >= 11 is 0. The van der Waals surface area contributed by atoms with Gasteiger partial charge < -0.3 is 16.0 Å². The average Bonchev–Trinajstić information content (AvgIpc) is 2.80. The largest absolute Gasteiger partial charge is 0.357 e. The van der Waals surface area contributed by atoms with Crippen LogP contribution in [0.1, 0.15) is 42.6 Å². The number of aromatic nitrogens is 1. The summed E-state index contributed by atoms with van der Waals surface area (Å²) in [5.41, 5.74) is 1.93. The third kappa shape index (κ3) is 7.36. The monoisotopic (exact) mass is 422 g/mol. The lowest BCUT2D eigenvalue weighted by Gasteiger charge is -2.38. The Morgan fingerprint density at radius 3 is 2.74 bits per heavy atom. The smallest absolute Gasteiger partial charge is 0.252 e. The maximum Gasteiger partial charge on any atom is 0.252 e. The summed E-state index contributed by atoms with van der Waals surface area (Å²) in [6.45, 7) is 8.23. The van der Waals surface area contributed by atoms with Crippen LogP contribution < -0.4 is 16.0 Å². The summed E-state index contributed by atoms with van der Waals surface area (Å²) in [7, 11) is 0. The lowest BCUT2D eigenvalue weighted by Crippen LogP contribution is -2.51. The van der Waals surface area contributed by atoms with Gasteiger partial charge in [-0.15, -0.1) is 0 Å². The van der Waals surface area contributed by atoms with Gasteiger partial charge in [-0.2, -0.15) is 0 Å². The number of nitrogens with one attached hydrogen (secondary N) is 3. The highest BCUT2D eigenvalue weighted by molar-refractivity contribution is 5.93. The molecule has 7 nitrogen and oxygen atoms in total.